The van der Waals surface area contributed by atoms with Crippen molar-refractivity contribution in [1.29, 1.82) is 0 Å². The van der Waals surface area contributed by atoms with Crippen LogP contribution in [0.5, 0.6) is 0 Å². The van der Waals surface area contributed by atoms with E-state index in [-0.39, 0.29) is 29.7 Å². The van der Waals surface area contributed by atoms with Crippen LogP contribution in [0, 0.1) is 11.8 Å². The van der Waals surface area contributed by atoms with Gasteiger partial charge in [0.15, 0.2) is 0 Å². The number of carbonyl (C=O) groups is 3. The van der Waals surface area contributed by atoms with Crippen molar-refractivity contribution >= 4 is 17.9 Å². The molecular formula is C22H31NO7. The van der Waals surface area contributed by atoms with E-state index in [9.17, 15) is 14.4 Å². The fraction of sp³-hybridized carbons (Fsp3) is 0.682. The first-order valence-electron chi connectivity index (χ1n) is 10.6. The number of carboxylic acids is 2. The van der Waals surface area contributed by atoms with Gasteiger partial charge in [-0.25, -0.2) is 9.59 Å². The summed E-state index contributed by atoms with van der Waals surface area (Å²) in [7, 11) is 0. The number of carboxylic acid groups (broad SMARTS) is 2. The Kier molecular flexibility index (Phi) is 6.98. The van der Waals surface area contributed by atoms with Crippen molar-refractivity contribution < 1.29 is 34.1 Å². The maximum absolute atomic E-state index is 12.4. The van der Waals surface area contributed by atoms with E-state index in [1.807, 2.05) is 0 Å². The molecule has 8 nitrogen and oxygen atoms in total. The summed E-state index contributed by atoms with van der Waals surface area (Å²) < 4.78 is 11.8. The molecule has 1 saturated carbocycles. The lowest BCUT2D eigenvalue weighted by Gasteiger charge is -2.22. The highest BCUT2D eigenvalue weighted by Crippen LogP contribution is 2.50. The zero-order valence-corrected chi connectivity index (χ0v) is 17.5. The molecule has 3 fully saturated rings. The highest BCUT2D eigenvalue weighted by molar-refractivity contribution is 5.89. The molecular weight excluding hydrogens is 390 g/mol. The molecule has 3 N–H and O–H groups in total. The number of aliphatic carboxylic acids is 2. The van der Waals surface area contributed by atoms with E-state index in [0.717, 1.165) is 32.2 Å². The van der Waals surface area contributed by atoms with Crippen molar-refractivity contribution in [3.63, 3.8) is 0 Å². The molecule has 2 aliphatic carbocycles. The van der Waals surface area contributed by atoms with Gasteiger partial charge in [0.1, 0.15) is 12.2 Å². The van der Waals surface area contributed by atoms with Gasteiger partial charge in [-0.1, -0.05) is 11.6 Å². The molecule has 2 heterocycles. The van der Waals surface area contributed by atoms with Crippen LogP contribution in [0.1, 0.15) is 52.4 Å². The average molecular weight is 421 g/mol. The van der Waals surface area contributed by atoms with Crippen LogP contribution >= 0.6 is 0 Å². The lowest BCUT2D eigenvalue weighted by molar-refractivity contribution is -0.144. The highest BCUT2D eigenvalue weighted by atomic mass is 16.6. The van der Waals surface area contributed by atoms with E-state index in [1.165, 1.54) is 18.4 Å². The maximum atomic E-state index is 12.4. The Labute approximate surface area is 176 Å². The standard InChI is InChI=1S/C18H27NO3.C4H4O4/c1-11-4-3-9-18(2)16(22-18)15-13(8-5-11)14(17(20)21-15)10-19-12-6-7-12;5-3(6)1-2-4(7)8/h4,12-16,19H,3,5-10H2,1-2H3;1-2H,(H,5,6)(H,7,8)/b11-4+;2-1+/t13-,14-,15-,16-,18+;/m0./s1. The first-order chi connectivity index (χ1) is 14.2. The van der Waals surface area contributed by atoms with Crippen molar-refractivity contribution in [3.8, 4) is 0 Å². The number of epoxide rings is 1. The number of allylic oxidation sites excluding steroid dienone is 2. The minimum Gasteiger partial charge on any atom is -0.478 e. The Balaban J connectivity index is 0.000000275. The number of hydrogen-bond donors (Lipinski definition) is 3. The van der Waals surface area contributed by atoms with Crippen LogP contribution in [0.3, 0.4) is 0 Å². The van der Waals surface area contributed by atoms with Gasteiger partial charge in [0.05, 0.1) is 11.5 Å². The zero-order valence-electron chi connectivity index (χ0n) is 17.5. The molecule has 2 saturated heterocycles. The number of carbonyl (C=O) groups excluding carboxylic acids is 1. The first kappa shape index (κ1) is 22.5. The molecule has 0 aromatic rings. The monoisotopic (exact) mass is 421 g/mol. The van der Waals surface area contributed by atoms with Crippen LogP contribution in [0.2, 0.25) is 0 Å². The van der Waals surface area contributed by atoms with Gasteiger partial charge in [0, 0.05) is 30.7 Å². The largest absolute Gasteiger partial charge is 0.478 e. The van der Waals surface area contributed by atoms with Gasteiger partial charge in [-0.05, 0) is 52.4 Å². The summed E-state index contributed by atoms with van der Waals surface area (Å²) in [6, 6.07) is 0.635. The molecule has 0 spiro atoms. The lowest BCUT2D eigenvalue weighted by atomic mass is 9.80. The molecule has 166 valence electrons. The van der Waals surface area contributed by atoms with E-state index >= 15 is 0 Å². The topological polar surface area (TPSA) is 125 Å². The predicted octanol–water partition coefficient (Wildman–Crippen LogP) is 2.29. The van der Waals surface area contributed by atoms with Crippen LogP contribution in [-0.4, -0.2) is 58.5 Å². The van der Waals surface area contributed by atoms with E-state index < -0.39 is 11.9 Å². The molecule has 2 aliphatic heterocycles. The Morgan fingerprint density at radius 1 is 1.23 bits per heavy atom. The van der Waals surface area contributed by atoms with Gasteiger partial charge in [-0.15, -0.1) is 0 Å². The van der Waals surface area contributed by atoms with Gasteiger partial charge in [-0.3, -0.25) is 4.79 Å². The molecule has 0 aromatic carbocycles. The average Bonchev–Trinajstić information content (AvgIpc) is 3.58. The van der Waals surface area contributed by atoms with Gasteiger partial charge in [-0.2, -0.15) is 0 Å². The summed E-state index contributed by atoms with van der Waals surface area (Å²) in [5.41, 5.74) is 1.35. The Hall–Kier alpha value is -2.19. The van der Waals surface area contributed by atoms with Crippen molar-refractivity contribution in [3.05, 3.63) is 23.8 Å². The number of nitrogens with one attached hydrogen (secondary N) is 1. The summed E-state index contributed by atoms with van der Waals surface area (Å²) in [6.07, 6.45) is 10.2. The SMILES string of the molecule is C/C1=C\CC[C@@]2(C)O[C@H]2[C@H]2OC(=O)[C@@H](CNC3CC3)[C@@H]2CC1.O=C(O)/C=C/C(=O)O. The number of rotatable bonds is 5. The van der Waals surface area contributed by atoms with Crippen LogP contribution in [0.4, 0.5) is 0 Å². The summed E-state index contributed by atoms with van der Waals surface area (Å²) in [6.45, 7) is 5.15. The second-order valence-electron chi connectivity index (χ2n) is 8.84. The third-order valence-corrected chi connectivity index (χ3v) is 6.31. The molecule has 0 bridgehead atoms. The molecule has 0 unspecified atom stereocenters. The molecule has 0 amide bonds. The summed E-state index contributed by atoms with van der Waals surface area (Å²) >= 11 is 0. The molecule has 0 radical (unpaired) electrons. The fourth-order valence-corrected chi connectivity index (χ4v) is 4.30. The normalized spacial score (nSPS) is 37.0. The van der Waals surface area contributed by atoms with Crippen LogP contribution in [-0.2, 0) is 23.9 Å². The van der Waals surface area contributed by atoms with E-state index in [2.05, 4.69) is 25.2 Å². The molecule has 5 atom stereocenters. The number of fused-ring (bicyclic) bond motifs is 3. The number of esters is 1. The minimum absolute atomic E-state index is 0.00581. The predicted molar refractivity (Wildman–Crippen MR) is 108 cm³/mol. The van der Waals surface area contributed by atoms with Crippen LogP contribution < -0.4 is 5.32 Å². The van der Waals surface area contributed by atoms with E-state index in [0.29, 0.717) is 24.1 Å². The van der Waals surface area contributed by atoms with Crippen LogP contribution in [0.15, 0.2) is 23.8 Å². The van der Waals surface area contributed by atoms with Crippen molar-refractivity contribution in [2.24, 2.45) is 11.8 Å². The van der Waals surface area contributed by atoms with Gasteiger partial charge in [0.25, 0.3) is 0 Å². The van der Waals surface area contributed by atoms with E-state index in [4.69, 9.17) is 19.7 Å². The lowest BCUT2D eigenvalue weighted by Crippen LogP contribution is -2.35. The minimum atomic E-state index is -1.26. The van der Waals surface area contributed by atoms with Crippen molar-refractivity contribution in [2.75, 3.05) is 6.54 Å². The highest BCUT2D eigenvalue weighted by Gasteiger charge is 2.62. The van der Waals surface area contributed by atoms with Gasteiger partial charge in [0.2, 0.25) is 0 Å². The molecule has 4 rings (SSSR count). The van der Waals surface area contributed by atoms with Crippen molar-refractivity contribution in [1.82, 2.24) is 5.32 Å². The Morgan fingerprint density at radius 2 is 1.90 bits per heavy atom. The van der Waals surface area contributed by atoms with Gasteiger partial charge >= 0.3 is 17.9 Å². The Bertz CT molecular complexity index is 726. The first-order valence-corrected chi connectivity index (χ1v) is 10.6. The fourth-order valence-electron chi connectivity index (χ4n) is 4.30. The number of hydrogen-bond acceptors (Lipinski definition) is 6. The summed E-state index contributed by atoms with van der Waals surface area (Å²) in [5.74, 6) is -2.22. The summed E-state index contributed by atoms with van der Waals surface area (Å²) in [4.78, 5) is 31.5. The van der Waals surface area contributed by atoms with Crippen LogP contribution in [0.25, 0.3) is 0 Å². The van der Waals surface area contributed by atoms with E-state index in [1.54, 1.807) is 0 Å². The molecule has 4 aliphatic rings. The van der Waals surface area contributed by atoms with Gasteiger partial charge < -0.3 is 25.0 Å². The Morgan fingerprint density at radius 3 is 2.50 bits per heavy atom. The zero-order chi connectivity index (χ0) is 21.9. The smallest absolute Gasteiger partial charge is 0.328 e. The van der Waals surface area contributed by atoms with Crippen molar-refractivity contribution in [2.45, 2.75) is 76.2 Å². The molecule has 0 aromatic heterocycles. The second kappa shape index (κ2) is 9.31. The molecule has 30 heavy (non-hydrogen) atoms. The quantitative estimate of drug-likeness (QED) is 0.267. The number of ether oxygens (including phenoxy) is 2. The molecule has 8 heteroatoms. The second-order valence-corrected chi connectivity index (χ2v) is 8.84. The third-order valence-electron chi connectivity index (χ3n) is 6.31. The summed E-state index contributed by atoms with van der Waals surface area (Å²) in [5, 5.41) is 19.1. The maximum Gasteiger partial charge on any atom is 0.328 e. The third kappa shape index (κ3) is 5.92.